The number of rotatable bonds is 5. The Morgan fingerprint density at radius 1 is 1.22 bits per heavy atom. The maximum absolute atomic E-state index is 11.4. The van der Waals surface area contributed by atoms with Gasteiger partial charge in [0.15, 0.2) is 5.96 Å². The van der Waals surface area contributed by atoms with Crippen LogP contribution < -0.4 is 16.0 Å². The lowest BCUT2D eigenvalue weighted by molar-refractivity contribution is -0.122. The number of carbonyl (C=O) groups excluding carboxylic acids is 1. The molecule has 3 saturated heterocycles. The Morgan fingerprint density at radius 3 is 2.59 bits per heavy atom. The zero-order chi connectivity index (χ0) is 19.1. The highest BCUT2D eigenvalue weighted by molar-refractivity contribution is 5.81. The molecule has 1 amide bonds. The normalized spacial score (nSPS) is 27.9. The molecule has 154 valence electrons. The van der Waals surface area contributed by atoms with Crippen molar-refractivity contribution in [3.8, 4) is 0 Å². The first-order valence-corrected chi connectivity index (χ1v) is 10.9. The second-order valence-electron chi connectivity index (χ2n) is 8.45. The first-order valence-electron chi connectivity index (χ1n) is 10.9. The van der Waals surface area contributed by atoms with Crippen LogP contribution in [-0.4, -0.2) is 86.1 Å². The maximum Gasteiger partial charge on any atom is 0.220 e. The van der Waals surface area contributed by atoms with Crippen LogP contribution in [0.15, 0.2) is 4.99 Å². The Balaban J connectivity index is 1.67. The number of piperidine rings is 3. The zero-order valence-corrected chi connectivity index (χ0v) is 17.2. The van der Waals surface area contributed by atoms with Gasteiger partial charge in [0.2, 0.25) is 5.91 Å². The number of nitrogens with one attached hydrogen (secondary N) is 3. The molecule has 3 fully saturated rings. The summed E-state index contributed by atoms with van der Waals surface area (Å²) in [5.74, 6) is 1.05. The summed E-state index contributed by atoms with van der Waals surface area (Å²) in [4.78, 5) is 21.6. The molecule has 0 saturated carbocycles. The van der Waals surface area contributed by atoms with Gasteiger partial charge in [-0.25, -0.2) is 0 Å². The summed E-state index contributed by atoms with van der Waals surface area (Å²) in [6.45, 7) is 9.26. The standard InChI is InChI=1S/C20H38N6O/c1-3-21-19(24-17-7-8-18(27)22-15-17)23-16-20(9-13-25(2)14-10-20)26-11-5-4-6-12-26/h17H,3-16H2,1-2H3,(H,22,27)(H2,21,23,24). The molecular weight excluding hydrogens is 340 g/mol. The van der Waals surface area contributed by atoms with Crippen LogP contribution in [0.25, 0.3) is 0 Å². The van der Waals surface area contributed by atoms with E-state index in [1.165, 1.54) is 45.2 Å². The number of nitrogens with zero attached hydrogens (tertiary/aromatic N) is 3. The lowest BCUT2D eigenvalue weighted by Gasteiger charge is -2.49. The smallest absolute Gasteiger partial charge is 0.220 e. The third kappa shape index (κ3) is 5.57. The van der Waals surface area contributed by atoms with Crippen LogP contribution in [-0.2, 0) is 4.79 Å². The quantitative estimate of drug-likeness (QED) is 0.487. The summed E-state index contributed by atoms with van der Waals surface area (Å²) in [6, 6.07) is 0.268. The fourth-order valence-electron chi connectivity index (χ4n) is 4.57. The molecule has 7 nitrogen and oxygen atoms in total. The fraction of sp³-hybridized carbons (Fsp3) is 0.900. The number of hydrogen-bond donors (Lipinski definition) is 3. The molecule has 0 aromatic rings. The first-order chi connectivity index (χ1) is 13.1. The second kappa shape index (κ2) is 9.73. The molecule has 7 heteroatoms. The van der Waals surface area contributed by atoms with Crippen molar-refractivity contribution < 1.29 is 4.79 Å². The fourth-order valence-corrected chi connectivity index (χ4v) is 4.57. The van der Waals surface area contributed by atoms with Gasteiger partial charge in [0, 0.05) is 31.1 Å². The summed E-state index contributed by atoms with van der Waals surface area (Å²) in [7, 11) is 2.23. The third-order valence-electron chi connectivity index (χ3n) is 6.43. The third-order valence-corrected chi connectivity index (χ3v) is 6.43. The summed E-state index contributed by atoms with van der Waals surface area (Å²) in [6.07, 6.45) is 7.88. The molecule has 0 spiro atoms. The Bertz CT molecular complexity index is 499. The van der Waals surface area contributed by atoms with Crippen LogP contribution in [0.2, 0.25) is 0 Å². The van der Waals surface area contributed by atoms with Gasteiger partial charge >= 0.3 is 0 Å². The van der Waals surface area contributed by atoms with Crippen molar-refractivity contribution in [3.63, 3.8) is 0 Å². The molecular formula is C20H38N6O. The minimum absolute atomic E-state index is 0.158. The summed E-state index contributed by atoms with van der Waals surface area (Å²) in [5.41, 5.74) is 0.204. The van der Waals surface area contributed by atoms with E-state index in [2.05, 4.69) is 39.7 Å². The van der Waals surface area contributed by atoms with E-state index in [1.807, 2.05) is 0 Å². The molecule has 0 aromatic carbocycles. The van der Waals surface area contributed by atoms with Crippen molar-refractivity contribution in [2.45, 2.75) is 63.5 Å². The Morgan fingerprint density at radius 2 is 1.96 bits per heavy atom. The summed E-state index contributed by atoms with van der Waals surface area (Å²) < 4.78 is 0. The van der Waals surface area contributed by atoms with E-state index >= 15 is 0 Å². The van der Waals surface area contributed by atoms with Gasteiger partial charge in [0.05, 0.1) is 6.54 Å². The highest BCUT2D eigenvalue weighted by Gasteiger charge is 2.39. The van der Waals surface area contributed by atoms with Gasteiger partial charge in [-0.1, -0.05) is 6.42 Å². The van der Waals surface area contributed by atoms with Crippen molar-refractivity contribution in [1.29, 1.82) is 0 Å². The minimum Gasteiger partial charge on any atom is -0.357 e. The van der Waals surface area contributed by atoms with E-state index in [0.29, 0.717) is 13.0 Å². The van der Waals surface area contributed by atoms with Gasteiger partial charge in [0.1, 0.15) is 0 Å². The highest BCUT2D eigenvalue weighted by atomic mass is 16.1. The van der Waals surface area contributed by atoms with Crippen molar-refractivity contribution >= 4 is 11.9 Å². The predicted octanol–water partition coefficient (Wildman–Crippen LogP) is 0.770. The molecule has 0 aromatic heterocycles. The van der Waals surface area contributed by atoms with Crippen molar-refractivity contribution in [1.82, 2.24) is 25.8 Å². The van der Waals surface area contributed by atoms with Gasteiger partial charge in [-0.05, 0) is 72.3 Å². The lowest BCUT2D eigenvalue weighted by Crippen LogP contribution is -2.58. The SMILES string of the molecule is CCNC(=NCC1(N2CCCCC2)CCN(C)CC1)NC1CCC(=O)NC1. The number of hydrogen-bond acceptors (Lipinski definition) is 4. The van der Waals surface area contributed by atoms with Crippen LogP contribution in [0, 0.1) is 0 Å². The Labute approximate surface area is 164 Å². The Kier molecular flexibility index (Phi) is 7.35. The predicted molar refractivity (Wildman–Crippen MR) is 110 cm³/mol. The molecule has 0 bridgehead atoms. The van der Waals surface area contributed by atoms with E-state index in [1.54, 1.807) is 0 Å². The Hall–Kier alpha value is -1.34. The molecule has 0 aliphatic carbocycles. The lowest BCUT2D eigenvalue weighted by atomic mass is 9.84. The highest BCUT2D eigenvalue weighted by Crippen LogP contribution is 2.31. The monoisotopic (exact) mass is 378 g/mol. The van der Waals surface area contributed by atoms with Gasteiger partial charge < -0.3 is 20.9 Å². The number of guanidine groups is 1. The molecule has 3 aliphatic heterocycles. The largest absolute Gasteiger partial charge is 0.357 e. The van der Waals surface area contributed by atoms with E-state index in [-0.39, 0.29) is 17.5 Å². The summed E-state index contributed by atoms with van der Waals surface area (Å²) >= 11 is 0. The van der Waals surface area contributed by atoms with Crippen molar-refractivity contribution in [2.75, 3.05) is 52.9 Å². The van der Waals surface area contributed by atoms with Gasteiger partial charge in [-0.3, -0.25) is 14.7 Å². The topological polar surface area (TPSA) is 72.0 Å². The zero-order valence-electron chi connectivity index (χ0n) is 17.2. The van der Waals surface area contributed by atoms with E-state index in [9.17, 15) is 4.79 Å². The first kappa shape index (κ1) is 20.4. The minimum atomic E-state index is 0.158. The molecule has 27 heavy (non-hydrogen) atoms. The van der Waals surface area contributed by atoms with Crippen LogP contribution in [0.1, 0.15) is 51.9 Å². The molecule has 1 atom stereocenters. The van der Waals surface area contributed by atoms with Crippen LogP contribution in [0.4, 0.5) is 0 Å². The maximum atomic E-state index is 11.4. The molecule has 3 heterocycles. The molecule has 3 aliphatic rings. The van der Waals surface area contributed by atoms with Crippen LogP contribution >= 0.6 is 0 Å². The average Bonchev–Trinajstić information content (AvgIpc) is 2.70. The van der Waals surface area contributed by atoms with Crippen molar-refractivity contribution in [3.05, 3.63) is 0 Å². The van der Waals surface area contributed by atoms with E-state index in [0.717, 1.165) is 38.6 Å². The van der Waals surface area contributed by atoms with Crippen LogP contribution in [0.5, 0.6) is 0 Å². The molecule has 3 N–H and O–H groups in total. The van der Waals surface area contributed by atoms with Gasteiger partial charge in [0.25, 0.3) is 0 Å². The van der Waals surface area contributed by atoms with Crippen molar-refractivity contribution in [2.24, 2.45) is 4.99 Å². The number of amides is 1. The van der Waals surface area contributed by atoms with Crippen LogP contribution in [0.3, 0.4) is 0 Å². The van der Waals surface area contributed by atoms with E-state index < -0.39 is 0 Å². The molecule has 0 radical (unpaired) electrons. The van der Waals surface area contributed by atoms with Gasteiger partial charge in [-0.15, -0.1) is 0 Å². The molecule has 3 rings (SSSR count). The van der Waals surface area contributed by atoms with Gasteiger partial charge in [-0.2, -0.15) is 0 Å². The number of aliphatic imine (C=N–C) groups is 1. The van der Waals surface area contributed by atoms with E-state index in [4.69, 9.17) is 4.99 Å². The number of carbonyl (C=O) groups is 1. The second-order valence-corrected chi connectivity index (χ2v) is 8.45. The number of likely N-dealkylation sites (tertiary alicyclic amines) is 2. The summed E-state index contributed by atoms with van der Waals surface area (Å²) in [5, 5.41) is 9.90. The average molecular weight is 379 g/mol. The molecule has 1 unspecified atom stereocenters.